The molecule has 0 aliphatic carbocycles. The van der Waals surface area contributed by atoms with Crippen molar-refractivity contribution >= 4 is 22.8 Å². The Bertz CT molecular complexity index is 785. The third kappa shape index (κ3) is 2.36. The number of aryl methyl sites for hydroxylation is 1. The third-order valence-corrected chi connectivity index (χ3v) is 4.03. The van der Waals surface area contributed by atoms with Gasteiger partial charge in [-0.05, 0) is 17.7 Å². The first-order valence-corrected chi connectivity index (χ1v) is 7.01. The summed E-state index contributed by atoms with van der Waals surface area (Å²) in [5.41, 5.74) is 2.67. The number of aromatic nitrogens is 4. The highest BCUT2D eigenvalue weighted by Crippen LogP contribution is 2.26. The molecule has 3 rings (SSSR count). The van der Waals surface area contributed by atoms with Crippen molar-refractivity contribution in [2.75, 3.05) is 0 Å². The van der Waals surface area contributed by atoms with Crippen molar-refractivity contribution in [3.8, 4) is 6.07 Å². The van der Waals surface area contributed by atoms with E-state index < -0.39 is 0 Å². The summed E-state index contributed by atoms with van der Waals surface area (Å²) in [5.74, 6) is 0.798. The summed E-state index contributed by atoms with van der Waals surface area (Å²) in [7, 11) is 1.87. The van der Waals surface area contributed by atoms with Gasteiger partial charge in [0, 0.05) is 12.8 Å². The maximum absolute atomic E-state index is 8.78. The van der Waals surface area contributed by atoms with Gasteiger partial charge >= 0.3 is 0 Å². The van der Waals surface area contributed by atoms with Gasteiger partial charge in [0.2, 0.25) is 0 Å². The van der Waals surface area contributed by atoms with Crippen LogP contribution < -0.4 is 0 Å². The average Bonchev–Trinajstić information content (AvgIpc) is 2.88. The molecule has 0 amide bonds. The molecule has 5 nitrogen and oxygen atoms in total. The zero-order chi connectivity index (χ0) is 13.9. The first-order chi connectivity index (χ1) is 9.78. The van der Waals surface area contributed by atoms with Crippen LogP contribution in [0.15, 0.2) is 41.8 Å². The molecular weight excluding hydrogens is 270 g/mol. The summed E-state index contributed by atoms with van der Waals surface area (Å²) in [6, 6.07) is 9.71. The second kappa shape index (κ2) is 5.31. The van der Waals surface area contributed by atoms with Crippen molar-refractivity contribution in [1.82, 2.24) is 19.7 Å². The molecule has 3 aromatic rings. The Balaban J connectivity index is 1.81. The van der Waals surface area contributed by atoms with Crippen molar-refractivity contribution in [2.24, 2.45) is 7.05 Å². The van der Waals surface area contributed by atoms with Gasteiger partial charge in [0.05, 0.1) is 23.2 Å². The number of rotatable bonds is 3. The topological polar surface area (TPSA) is 67.4 Å². The van der Waals surface area contributed by atoms with Crippen LogP contribution in [0.25, 0.3) is 11.0 Å². The number of hydrogen-bond acceptors (Lipinski definition) is 5. The van der Waals surface area contributed by atoms with E-state index in [2.05, 4.69) is 21.1 Å². The minimum atomic E-state index is 0.676. The quantitative estimate of drug-likeness (QED) is 0.545. The molecule has 0 radical (unpaired) electrons. The highest BCUT2D eigenvalue weighted by molar-refractivity contribution is 7.98. The fourth-order valence-electron chi connectivity index (χ4n) is 1.88. The Hall–Kier alpha value is -2.39. The Morgan fingerprint density at radius 1 is 1.25 bits per heavy atom. The van der Waals surface area contributed by atoms with Crippen LogP contribution in [0.4, 0.5) is 0 Å². The van der Waals surface area contributed by atoms with E-state index in [0.717, 1.165) is 27.4 Å². The standard InChI is InChI=1S/C14H11N5S/c1-19-13-12(7-18-19)14(17-9-16-13)20-8-11-4-2-10(6-15)3-5-11/h2-5,7,9H,8H2,1H3. The van der Waals surface area contributed by atoms with Crippen molar-refractivity contribution in [3.63, 3.8) is 0 Å². The number of fused-ring (bicyclic) bond motifs is 1. The lowest BCUT2D eigenvalue weighted by Crippen LogP contribution is -1.93. The van der Waals surface area contributed by atoms with Crippen LogP contribution in [0.3, 0.4) is 0 Å². The molecule has 0 atom stereocenters. The van der Waals surface area contributed by atoms with E-state index in [1.54, 1.807) is 29.0 Å². The Labute approximate surface area is 120 Å². The lowest BCUT2D eigenvalue weighted by molar-refractivity contribution is 0.784. The van der Waals surface area contributed by atoms with Crippen LogP contribution in [0.1, 0.15) is 11.1 Å². The average molecular weight is 281 g/mol. The first-order valence-electron chi connectivity index (χ1n) is 6.02. The fraction of sp³-hybridized carbons (Fsp3) is 0.143. The Kier molecular flexibility index (Phi) is 3.35. The maximum Gasteiger partial charge on any atom is 0.162 e. The van der Waals surface area contributed by atoms with Crippen LogP contribution in [-0.4, -0.2) is 19.7 Å². The van der Waals surface area contributed by atoms with Gasteiger partial charge in [-0.2, -0.15) is 10.4 Å². The number of benzene rings is 1. The molecular formula is C14H11N5S. The van der Waals surface area contributed by atoms with Gasteiger partial charge in [0.1, 0.15) is 11.4 Å². The van der Waals surface area contributed by atoms with Crippen LogP contribution in [0.5, 0.6) is 0 Å². The van der Waals surface area contributed by atoms with Crippen LogP contribution in [0, 0.1) is 11.3 Å². The summed E-state index contributed by atoms with van der Waals surface area (Å²) >= 11 is 1.64. The molecule has 20 heavy (non-hydrogen) atoms. The predicted molar refractivity (Wildman–Crippen MR) is 77.0 cm³/mol. The van der Waals surface area contributed by atoms with Gasteiger partial charge in [-0.15, -0.1) is 11.8 Å². The molecule has 1 aromatic carbocycles. The molecule has 2 aromatic heterocycles. The largest absolute Gasteiger partial charge is 0.250 e. The predicted octanol–water partition coefficient (Wildman–Crippen LogP) is 2.53. The summed E-state index contributed by atoms with van der Waals surface area (Å²) < 4.78 is 1.74. The molecule has 0 aliphatic rings. The number of hydrogen-bond donors (Lipinski definition) is 0. The minimum absolute atomic E-state index is 0.676. The van der Waals surface area contributed by atoms with E-state index >= 15 is 0 Å². The lowest BCUT2D eigenvalue weighted by atomic mass is 10.2. The number of thioether (sulfide) groups is 1. The second-order valence-corrected chi connectivity index (χ2v) is 5.25. The molecule has 0 aliphatic heterocycles. The molecule has 2 heterocycles. The van der Waals surface area contributed by atoms with Gasteiger partial charge in [-0.25, -0.2) is 9.97 Å². The minimum Gasteiger partial charge on any atom is -0.250 e. The zero-order valence-electron chi connectivity index (χ0n) is 10.8. The van der Waals surface area contributed by atoms with E-state index in [4.69, 9.17) is 5.26 Å². The SMILES string of the molecule is Cn1ncc2c(SCc3ccc(C#N)cc3)ncnc21. The van der Waals surface area contributed by atoms with Crippen molar-refractivity contribution in [2.45, 2.75) is 10.8 Å². The fourth-order valence-corrected chi connectivity index (χ4v) is 2.80. The highest BCUT2D eigenvalue weighted by Gasteiger charge is 2.08. The van der Waals surface area contributed by atoms with Gasteiger partial charge in [0.25, 0.3) is 0 Å². The molecule has 6 heteroatoms. The van der Waals surface area contributed by atoms with Crippen molar-refractivity contribution in [1.29, 1.82) is 5.26 Å². The zero-order valence-corrected chi connectivity index (χ0v) is 11.6. The summed E-state index contributed by atoms with van der Waals surface area (Å²) in [6.45, 7) is 0. The molecule has 0 spiro atoms. The van der Waals surface area contributed by atoms with Crippen LogP contribution >= 0.6 is 11.8 Å². The normalized spacial score (nSPS) is 10.6. The first kappa shape index (κ1) is 12.6. The second-order valence-electron chi connectivity index (χ2n) is 4.28. The van der Waals surface area contributed by atoms with E-state index in [1.165, 1.54) is 0 Å². The van der Waals surface area contributed by atoms with Crippen molar-refractivity contribution in [3.05, 3.63) is 47.9 Å². The van der Waals surface area contributed by atoms with E-state index in [1.807, 2.05) is 31.3 Å². The summed E-state index contributed by atoms with van der Waals surface area (Å²) in [5, 5.41) is 14.9. The van der Waals surface area contributed by atoms with Gasteiger partial charge in [0.15, 0.2) is 5.65 Å². The van der Waals surface area contributed by atoms with Gasteiger partial charge in [-0.3, -0.25) is 4.68 Å². The molecule has 0 bridgehead atoms. The molecule has 0 unspecified atom stereocenters. The smallest absolute Gasteiger partial charge is 0.162 e. The highest BCUT2D eigenvalue weighted by atomic mass is 32.2. The van der Waals surface area contributed by atoms with E-state index in [9.17, 15) is 0 Å². The number of nitriles is 1. The Morgan fingerprint density at radius 2 is 2.05 bits per heavy atom. The monoisotopic (exact) mass is 281 g/mol. The molecule has 0 saturated carbocycles. The van der Waals surface area contributed by atoms with Crippen LogP contribution in [0.2, 0.25) is 0 Å². The van der Waals surface area contributed by atoms with Crippen molar-refractivity contribution < 1.29 is 0 Å². The van der Waals surface area contributed by atoms with Crippen LogP contribution in [-0.2, 0) is 12.8 Å². The van der Waals surface area contributed by atoms with E-state index in [0.29, 0.717) is 5.56 Å². The molecule has 98 valence electrons. The molecule has 0 fully saturated rings. The summed E-state index contributed by atoms with van der Waals surface area (Å²) in [6.07, 6.45) is 3.35. The summed E-state index contributed by atoms with van der Waals surface area (Å²) in [4.78, 5) is 8.53. The molecule has 0 N–H and O–H groups in total. The molecule has 0 saturated heterocycles. The maximum atomic E-state index is 8.78. The number of nitrogens with zero attached hydrogens (tertiary/aromatic N) is 5. The van der Waals surface area contributed by atoms with Gasteiger partial charge in [-0.1, -0.05) is 12.1 Å². The Morgan fingerprint density at radius 3 is 2.80 bits per heavy atom. The third-order valence-electron chi connectivity index (χ3n) is 2.95. The lowest BCUT2D eigenvalue weighted by Gasteiger charge is -2.02. The van der Waals surface area contributed by atoms with Gasteiger partial charge < -0.3 is 0 Å². The van der Waals surface area contributed by atoms with E-state index in [-0.39, 0.29) is 0 Å².